The van der Waals surface area contributed by atoms with Crippen LogP contribution >= 0.6 is 0 Å². The lowest BCUT2D eigenvalue weighted by Crippen LogP contribution is -2.29. The van der Waals surface area contributed by atoms with Gasteiger partial charge < -0.3 is 24.8 Å². The third kappa shape index (κ3) is 5.04. The first-order chi connectivity index (χ1) is 12.1. The van der Waals surface area contributed by atoms with Crippen LogP contribution < -0.4 is 24.8 Å². The Kier molecular flexibility index (Phi) is 6.51. The third-order valence-corrected chi connectivity index (χ3v) is 3.69. The minimum atomic E-state index is -0.102. The highest BCUT2D eigenvalue weighted by Crippen LogP contribution is 2.39. The Hall–Kier alpha value is -2.89. The van der Waals surface area contributed by atoms with E-state index < -0.39 is 0 Å². The van der Waals surface area contributed by atoms with Gasteiger partial charge in [-0.25, -0.2) is 0 Å². The SMILES string of the molecule is COc1cc(NCC(=O)NCc2cccc(C)c2)cc(OC)c1OC. The van der Waals surface area contributed by atoms with Gasteiger partial charge in [-0.15, -0.1) is 0 Å². The molecule has 6 nitrogen and oxygen atoms in total. The fraction of sp³-hybridized carbons (Fsp3) is 0.316. The second-order valence-electron chi connectivity index (χ2n) is 5.53. The minimum Gasteiger partial charge on any atom is -0.493 e. The number of hydrogen-bond donors (Lipinski definition) is 2. The summed E-state index contributed by atoms with van der Waals surface area (Å²) in [6, 6.07) is 11.6. The summed E-state index contributed by atoms with van der Waals surface area (Å²) in [4.78, 5) is 12.0. The number of amides is 1. The number of carbonyl (C=O) groups is 1. The van der Waals surface area contributed by atoms with E-state index in [-0.39, 0.29) is 12.5 Å². The van der Waals surface area contributed by atoms with Crippen molar-refractivity contribution >= 4 is 11.6 Å². The number of ether oxygens (including phenoxy) is 3. The van der Waals surface area contributed by atoms with Crippen LogP contribution in [-0.4, -0.2) is 33.8 Å². The van der Waals surface area contributed by atoms with Gasteiger partial charge in [0.25, 0.3) is 0 Å². The normalized spacial score (nSPS) is 10.1. The molecule has 2 rings (SSSR count). The largest absolute Gasteiger partial charge is 0.493 e. The van der Waals surface area contributed by atoms with E-state index in [0.29, 0.717) is 29.5 Å². The Morgan fingerprint density at radius 3 is 2.24 bits per heavy atom. The molecule has 0 saturated carbocycles. The standard InChI is InChI=1S/C19H24N2O4/c1-13-6-5-7-14(8-13)11-21-18(22)12-20-15-9-16(23-2)19(25-4)17(10-15)24-3/h5-10,20H,11-12H2,1-4H3,(H,21,22). The van der Waals surface area contributed by atoms with Crippen molar-refractivity contribution < 1.29 is 19.0 Å². The predicted molar refractivity (Wildman–Crippen MR) is 97.6 cm³/mol. The summed E-state index contributed by atoms with van der Waals surface area (Å²) in [6.07, 6.45) is 0. The molecule has 0 spiro atoms. The molecule has 0 fully saturated rings. The average Bonchev–Trinajstić information content (AvgIpc) is 2.63. The smallest absolute Gasteiger partial charge is 0.239 e. The van der Waals surface area contributed by atoms with Crippen LogP contribution in [0.25, 0.3) is 0 Å². The van der Waals surface area contributed by atoms with E-state index in [2.05, 4.69) is 10.6 Å². The van der Waals surface area contributed by atoms with Crippen LogP contribution in [0.5, 0.6) is 17.2 Å². The van der Waals surface area contributed by atoms with Crippen LogP contribution in [0.3, 0.4) is 0 Å². The molecule has 0 saturated heterocycles. The lowest BCUT2D eigenvalue weighted by atomic mass is 10.1. The molecule has 1 amide bonds. The van der Waals surface area contributed by atoms with Crippen LogP contribution in [-0.2, 0) is 11.3 Å². The molecule has 0 aromatic heterocycles. The second-order valence-corrected chi connectivity index (χ2v) is 5.53. The zero-order valence-corrected chi connectivity index (χ0v) is 15.0. The van der Waals surface area contributed by atoms with Gasteiger partial charge in [0, 0.05) is 24.4 Å². The van der Waals surface area contributed by atoms with Gasteiger partial charge in [0.1, 0.15) is 0 Å². The maximum Gasteiger partial charge on any atom is 0.239 e. The van der Waals surface area contributed by atoms with Crippen LogP contribution in [0.15, 0.2) is 36.4 Å². The number of nitrogens with one attached hydrogen (secondary N) is 2. The first kappa shape index (κ1) is 18.4. The number of anilines is 1. The zero-order valence-electron chi connectivity index (χ0n) is 15.0. The first-order valence-electron chi connectivity index (χ1n) is 7.93. The fourth-order valence-electron chi connectivity index (χ4n) is 2.45. The molecular weight excluding hydrogens is 320 g/mol. The van der Waals surface area contributed by atoms with Gasteiger partial charge in [-0.2, -0.15) is 0 Å². The zero-order chi connectivity index (χ0) is 18.2. The average molecular weight is 344 g/mol. The Morgan fingerprint density at radius 1 is 1.00 bits per heavy atom. The highest BCUT2D eigenvalue weighted by atomic mass is 16.5. The summed E-state index contributed by atoms with van der Waals surface area (Å²) >= 11 is 0. The maximum atomic E-state index is 12.0. The molecule has 0 aliphatic rings. The molecule has 0 radical (unpaired) electrons. The summed E-state index contributed by atoms with van der Waals surface area (Å²) in [5, 5.41) is 5.95. The molecule has 0 bridgehead atoms. The van der Waals surface area contributed by atoms with Crippen molar-refractivity contribution in [1.82, 2.24) is 5.32 Å². The highest BCUT2D eigenvalue weighted by Gasteiger charge is 2.13. The number of rotatable bonds is 8. The second kappa shape index (κ2) is 8.82. The van der Waals surface area contributed by atoms with Crippen molar-refractivity contribution in [3.05, 3.63) is 47.5 Å². The Balaban J connectivity index is 1.95. The Bertz CT molecular complexity index is 706. The molecule has 0 aliphatic heterocycles. The molecule has 2 aromatic rings. The molecule has 0 heterocycles. The molecular formula is C19H24N2O4. The van der Waals surface area contributed by atoms with E-state index in [1.54, 1.807) is 33.5 Å². The van der Waals surface area contributed by atoms with E-state index in [1.807, 2.05) is 31.2 Å². The van der Waals surface area contributed by atoms with Crippen LogP contribution in [0.1, 0.15) is 11.1 Å². The van der Waals surface area contributed by atoms with Gasteiger partial charge >= 0.3 is 0 Å². The van der Waals surface area contributed by atoms with Gasteiger partial charge in [0.2, 0.25) is 11.7 Å². The number of hydrogen-bond acceptors (Lipinski definition) is 5. The molecule has 25 heavy (non-hydrogen) atoms. The van der Waals surface area contributed by atoms with Crippen LogP contribution in [0.4, 0.5) is 5.69 Å². The highest BCUT2D eigenvalue weighted by molar-refractivity contribution is 5.81. The number of benzene rings is 2. The number of aryl methyl sites for hydroxylation is 1. The van der Waals surface area contributed by atoms with Crippen molar-refractivity contribution in [2.75, 3.05) is 33.2 Å². The lowest BCUT2D eigenvalue weighted by molar-refractivity contribution is -0.119. The first-order valence-corrected chi connectivity index (χ1v) is 7.93. The van der Waals surface area contributed by atoms with E-state index in [1.165, 1.54) is 5.56 Å². The molecule has 6 heteroatoms. The van der Waals surface area contributed by atoms with E-state index in [0.717, 1.165) is 5.56 Å². The fourth-order valence-corrected chi connectivity index (χ4v) is 2.45. The van der Waals surface area contributed by atoms with E-state index in [4.69, 9.17) is 14.2 Å². The summed E-state index contributed by atoms with van der Waals surface area (Å²) in [5.74, 6) is 1.48. The van der Waals surface area contributed by atoms with Crippen molar-refractivity contribution in [2.45, 2.75) is 13.5 Å². The van der Waals surface area contributed by atoms with Crippen molar-refractivity contribution in [2.24, 2.45) is 0 Å². The predicted octanol–water partition coefficient (Wildman–Crippen LogP) is 2.75. The lowest BCUT2D eigenvalue weighted by Gasteiger charge is -2.15. The number of carbonyl (C=O) groups excluding carboxylic acids is 1. The Labute approximate surface area is 148 Å². The molecule has 2 aromatic carbocycles. The Morgan fingerprint density at radius 2 is 1.68 bits per heavy atom. The molecule has 134 valence electrons. The van der Waals surface area contributed by atoms with E-state index >= 15 is 0 Å². The minimum absolute atomic E-state index is 0.102. The third-order valence-electron chi connectivity index (χ3n) is 3.69. The summed E-state index contributed by atoms with van der Waals surface area (Å²) in [7, 11) is 4.65. The molecule has 2 N–H and O–H groups in total. The molecule has 0 unspecified atom stereocenters. The summed E-state index contributed by atoms with van der Waals surface area (Å²) < 4.78 is 15.9. The van der Waals surface area contributed by atoms with E-state index in [9.17, 15) is 4.79 Å². The van der Waals surface area contributed by atoms with Crippen molar-refractivity contribution in [1.29, 1.82) is 0 Å². The molecule has 0 aliphatic carbocycles. The van der Waals surface area contributed by atoms with Gasteiger partial charge in [0.15, 0.2) is 11.5 Å². The van der Waals surface area contributed by atoms with Crippen LogP contribution in [0.2, 0.25) is 0 Å². The summed E-state index contributed by atoms with van der Waals surface area (Å²) in [5.41, 5.74) is 2.95. The summed E-state index contributed by atoms with van der Waals surface area (Å²) in [6.45, 7) is 2.67. The quantitative estimate of drug-likeness (QED) is 0.771. The molecule has 0 atom stereocenters. The van der Waals surface area contributed by atoms with Gasteiger partial charge in [-0.3, -0.25) is 4.79 Å². The van der Waals surface area contributed by atoms with Gasteiger partial charge in [-0.05, 0) is 12.5 Å². The van der Waals surface area contributed by atoms with Crippen molar-refractivity contribution in [3.63, 3.8) is 0 Å². The van der Waals surface area contributed by atoms with Crippen LogP contribution in [0, 0.1) is 6.92 Å². The topological polar surface area (TPSA) is 68.8 Å². The van der Waals surface area contributed by atoms with Crippen molar-refractivity contribution in [3.8, 4) is 17.2 Å². The van der Waals surface area contributed by atoms with Gasteiger partial charge in [0.05, 0.1) is 27.9 Å². The maximum absolute atomic E-state index is 12.0. The van der Waals surface area contributed by atoms with Gasteiger partial charge in [-0.1, -0.05) is 29.8 Å². The number of methoxy groups -OCH3 is 3. The monoisotopic (exact) mass is 344 g/mol.